The van der Waals surface area contributed by atoms with Crippen LogP contribution in [0.1, 0.15) is 10.4 Å². The topological polar surface area (TPSA) is 60.2 Å². The van der Waals surface area contributed by atoms with Crippen LogP contribution in [-0.2, 0) is 0 Å². The molecule has 0 saturated heterocycles. The normalized spacial score (nSPS) is 10.9. The summed E-state index contributed by atoms with van der Waals surface area (Å²) >= 11 is 1.64. The van der Waals surface area contributed by atoms with Gasteiger partial charge in [-0.25, -0.2) is 9.50 Å². The Labute approximate surface area is 129 Å². The van der Waals surface area contributed by atoms with Crippen molar-refractivity contribution in [1.82, 2.24) is 19.6 Å². The van der Waals surface area contributed by atoms with Crippen LogP contribution in [0, 0.1) is 0 Å². The Morgan fingerprint density at radius 2 is 2.14 bits per heavy atom. The average Bonchev–Trinajstić information content (AvgIpc) is 3.23. The number of rotatable bonds is 3. The van der Waals surface area contributed by atoms with Crippen LogP contribution in [0.4, 0.5) is 0 Å². The quantitative estimate of drug-likeness (QED) is 0.545. The van der Waals surface area contributed by atoms with E-state index in [1.165, 1.54) is 0 Å². The highest BCUT2D eigenvalue weighted by atomic mass is 32.1. The van der Waals surface area contributed by atoms with Gasteiger partial charge in [0.2, 0.25) is 0 Å². The van der Waals surface area contributed by atoms with Gasteiger partial charge in [0.1, 0.15) is 6.29 Å². The van der Waals surface area contributed by atoms with E-state index >= 15 is 0 Å². The summed E-state index contributed by atoms with van der Waals surface area (Å²) in [6.07, 6.45) is 6.02. The molecule has 4 rings (SSSR count). The van der Waals surface area contributed by atoms with Crippen molar-refractivity contribution in [3.63, 3.8) is 0 Å². The molecule has 0 aliphatic heterocycles. The second-order valence-corrected chi connectivity index (χ2v) is 5.66. The van der Waals surface area contributed by atoms with E-state index in [9.17, 15) is 4.79 Å². The molecule has 106 valence electrons. The number of aromatic nitrogens is 4. The van der Waals surface area contributed by atoms with Gasteiger partial charge in [-0.05, 0) is 29.6 Å². The van der Waals surface area contributed by atoms with E-state index < -0.39 is 0 Å². The zero-order chi connectivity index (χ0) is 14.9. The SMILES string of the molecule is O=Cc1ccnc(-c2cnn3ccc(-c4cccs4)nc23)c1. The lowest BCUT2D eigenvalue weighted by molar-refractivity contribution is 0.112. The van der Waals surface area contributed by atoms with Crippen molar-refractivity contribution < 1.29 is 4.79 Å². The van der Waals surface area contributed by atoms with Gasteiger partial charge in [0, 0.05) is 18.0 Å². The maximum atomic E-state index is 10.9. The summed E-state index contributed by atoms with van der Waals surface area (Å²) < 4.78 is 1.71. The van der Waals surface area contributed by atoms with Crippen molar-refractivity contribution >= 4 is 23.3 Å². The highest BCUT2D eigenvalue weighted by molar-refractivity contribution is 7.13. The number of carbonyl (C=O) groups excluding carboxylic acids is 1. The number of carbonyl (C=O) groups is 1. The molecule has 0 amide bonds. The van der Waals surface area contributed by atoms with Crippen molar-refractivity contribution in [2.45, 2.75) is 0 Å². The molecule has 0 saturated carbocycles. The smallest absolute Gasteiger partial charge is 0.165 e. The fraction of sp³-hybridized carbons (Fsp3) is 0. The molecule has 0 bridgehead atoms. The van der Waals surface area contributed by atoms with Crippen LogP contribution in [0.15, 0.2) is 54.3 Å². The van der Waals surface area contributed by atoms with Gasteiger partial charge >= 0.3 is 0 Å². The average molecular weight is 306 g/mol. The number of pyridine rings is 1. The number of hydrogen-bond donors (Lipinski definition) is 0. The summed E-state index contributed by atoms with van der Waals surface area (Å²) in [6.45, 7) is 0. The highest BCUT2D eigenvalue weighted by Crippen LogP contribution is 2.26. The Hall–Kier alpha value is -2.86. The third-order valence-electron chi connectivity index (χ3n) is 3.34. The first-order chi connectivity index (χ1) is 10.8. The number of hydrogen-bond acceptors (Lipinski definition) is 5. The first kappa shape index (κ1) is 12.8. The molecule has 5 nitrogen and oxygen atoms in total. The predicted octanol–water partition coefficient (Wildman–Crippen LogP) is 3.33. The number of thiophene rings is 1. The zero-order valence-corrected chi connectivity index (χ0v) is 12.2. The van der Waals surface area contributed by atoms with Crippen LogP contribution in [0.25, 0.3) is 27.5 Å². The molecule has 0 aliphatic rings. The minimum absolute atomic E-state index is 0.582. The summed E-state index contributed by atoms with van der Waals surface area (Å²) in [5.74, 6) is 0. The molecular formula is C16H10N4OS. The van der Waals surface area contributed by atoms with Crippen LogP contribution >= 0.6 is 11.3 Å². The van der Waals surface area contributed by atoms with Gasteiger partial charge in [-0.2, -0.15) is 5.10 Å². The fourth-order valence-electron chi connectivity index (χ4n) is 2.28. The molecule has 4 aromatic rings. The monoisotopic (exact) mass is 306 g/mol. The van der Waals surface area contributed by atoms with Crippen LogP contribution in [0.2, 0.25) is 0 Å². The van der Waals surface area contributed by atoms with Gasteiger partial charge in [-0.3, -0.25) is 9.78 Å². The molecule has 4 aromatic heterocycles. The second kappa shape index (κ2) is 5.16. The van der Waals surface area contributed by atoms with E-state index in [-0.39, 0.29) is 0 Å². The van der Waals surface area contributed by atoms with E-state index in [0.29, 0.717) is 11.3 Å². The summed E-state index contributed by atoms with van der Waals surface area (Å²) in [5, 5.41) is 6.32. The van der Waals surface area contributed by atoms with Gasteiger partial charge in [-0.15, -0.1) is 11.3 Å². The maximum absolute atomic E-state index is 10.9. The van der Waals surface area contributed by atoms with E-state index in [1.54, 1.807) is 40.4 Å². The van der Waals surface area contributed by atoms with E-state index in [4.69, 9.17) is 4.98 Å². The van der Waals surface area contributed by atoms with E-state index in [2.05, 4.69) is 10.1 Å². The molecule has 0 unspecified atom stereocenters. The molecular weight excluding hydrogens is 296 g/mol. The molecule has 0 fully saturated rings. The summed E-state index contributed by atoms with van der Waals surface area (Å²) in [7, 11) is 0. The minimum Gasteiger partial charge on any atom is -0.298 e. The minimum atomic E-state index is 0.582. The molecule has 0 aliphatic carbocycles. The van der Waals surface area contributed by atoms with Crippen LogP contribution in [0.3, 0.4) is 0 Å². The molecule has 0 spiro atoms. The number of aldehydes is 1. The second-order valence-electron chi connectivity index (χ2n) is 4.71. The standard InChI is InChI=1S/C16H10N4OS/c21-10-11-3-5-17-14(8-11)12-9-18-20-6-4-13(19-16(12)20)15-2-1-7-22-15/h1-10H. The Balaban J connectivity index is 1.90. The molecule has 0 radical (unpaired) electrons. The third-order valence-corrected chi connectivity index (χ3v) is 4.23. The van der Waals surface area contributed by atoms with Gasteiger partial charge in [-0.1, -0.05) is 6.07 Å². The lowest BCUT2D eigenvalue weighted by atomic mass is 10.1. The van der Waals surface area contributed by atoms with Crippen LogP contribution in [-0.4, -0.2) is 25.9 Å². The fourth-order valence-corrected chi connectivity index (χ4v) is 2.97. The number of fused-ring (bicyclic) bond motifs is 1. The molecule has 6 heteroatoms. The lowest BCUT2D eigenvalue weighted by Crippen LogP contribution is -1.92. The van der Waals surface area contributed by atoms with Crippen molar-refractivity contribution in [2.75, 3.05) is 0 Å². The molecule has 0 N–H and O–H groups in total. The van der Waals surface area contributed by atoms with E-state index in [0.717, 1.165) is 28.1 Å². The highest BCUT2D eigenvalue weighted by Gasteiger charge is 2.11. The van der Waals surface area contributed by atoms with Crippen molar-refractivity contribution in [2.24, 2.45) is 0 Å². The third kappa shape index (κ3) is 2.10. The largest absolute Gasteiger partial charge is 0.298 e. The first-order valence-electron chi connectivity index (χ1n) is 6.65. The summed E-state index contributed by atoms with van der Waals surface area (Å²) in [4.78, 5) is 21.1. The van der Waals surface area contributed by atoms with Crippen LogP contribution in [0.5, 0.6) is 0 Å². The molecule has 4 heterocycles. The number of nitrogens with zero attached hydrogens (tertiary/aromatic N) is 4. The van der Waals surface area contributed by atoms with Gasteiger partial charge < -0.3 is 0 Å². The molecule has 0 aromatic carbocycles. The van der Waals surface area contributed by atoms with Gasteiger partial charge in [0.25, 0.3) is 0 Å². The Morgan fingerprint density at radius 3 is 2.95 bits per heavy atom. The van der Waals surface area contributed by atoms with E-state index in [1.807, 2.05) is 29.8 Å². The van der Waals surface area contributed by atoms with Crippen molar-refractivity contribution in [3.05, 3.63) is 59.9 Å². The predicted molar refractivity (Wildman–Crippen MR) is 84.9 cm³/mol. The maximum Gasteiger partial charge on any atom is 0.165 e. The van der Waals surface area contributed by atoms with Crippen molar-refractivity contribution in [1.29, 1.82) is 0 Å². The first-order valence-corrected chi connectivity index (χ1v) is 7.53. The summed E-state index contributed by atoms with van der Waals surface area (Å²) in [5.41, 5.74) is 3.70. The molecule has 0 atom stereocenters. The Morgan fingerprint density at radius 1 is 1.18 bits per heavy atom. The Bertz CT molecular complexity index is 959. The van der Waals surface area contributed by atoms with Crippen LogP contribution < -0.4 is 0 Å². The van der Waals surface area contributed by atoms with Gasteiger partial charge in [0.15, 0.2) is 5.65 Å². The molecule has 22 heavy (non-hydrogen) atoms. The summed E-state index contributed by atoms with van der Waals surface area (Å²) in [6, 6.07) is 9.38. The zero-order valence-electron chi connectivity index (χ0n) is 11.4. The Kier molecular flexibility index (Phi) is 3.01. The lowest BCUT2D eigenvalue weighted by Gasteiger charge is -2.01. The van der Waals surface area contributed by atoms with Gasteiger partial charge in [0.05, 0.1) is 28.0 Å². The van der Waals surface area contributed by atoms with Crippen molar-refractivity contribution in [3.8, 4) is 21.8 Å².